The molecule has 0 unspecified atom stereocenters. The van der Waals surface area contributed by atoms with Crippen LogP contribution in [0.3, 0.4) is 0 Å². The molecule has 0 atom stereocenters. The van der Waals surface area contributed by atoms with Crippen LogP contribution in [0, 0.1) is 0 Å². The van der Waals surface area contributed by atoms with Crippen LogP contribution in [0.15, 0.2) is 0 Å². The van der Waals surface area contributed by atoms with Crippen molar-refractivity contribution in [3.63, 3.8) is 0 Å². The van der Waals surface area contributed by atoms with Crippen LogP contribution in [-0.4, -0.2) is 0 Å². The van der Waals surface area contributed by atoms with Gasteiger partial charge >= 0.3 is 27.5 Å². The molecule has 0 radical (unpaired) electrons. The van der Waals surface area contributed by atoms with Crippen molar-refractivity contribution in [1.82, 2.24) is 0 Å². The average Bonchev–Trinajstić information content (AvgIpc) is 1.00. The predicted octanol–water partition coefficient (Wildman–Crippen LogP) is 1.62. The fourth-order valence-corrected chi connectivity index (χ4v) is 0. The van der Waals surface area contributed by atoms with Gasteiger partial charge in [-0.2, -0.15) is 0 Å². The van der Waals surface area contributed by atoms with E-state index in [4.69, 9.17) is 2.81 Å². The Balaban J connectivity index is -0.000000000111. The van der Waals surface area contributed by atoms with E-state index in [-0.39, 0.29) is 36.2 Å². The molecule has 1 nitrogen and oxygen atoms in total. The zero-order valence-corrected chi connectivity index (χ0v) is 5.82. The molecular formula is H10Cl2OZr-8. The van der Waals surface area contributed by atoms with Crippen molar-refractivity contribution in [1.29, 1.82) is 0 Å². The molecule has 0 spiro atoms. The maximum atomic E-state index is 8.34. The van der Waals surface area contributed by atoms with E-state index in [1.807, 2.05) is 0 Å². The van der Waals surface area contributed by atoms with Gasteiger partial charge < -0.3 is 11.4 Å². The van der Waals surface area contributed by atoms with Crippen LogP contribution in [0.1, 0.15) is 11.4 Å². The Hall–Kier alpha value is 1.26. The summed E-state index contributed by atoms with van der Waals surface area (Å²) in [5.74, 6) is 0. The first-order chi connectivity index (χ1) is 1.00. The van der Waals surface area contributed by atoms with Crippen LogP contribution in [0.2, 0.25) is 0 Å². The van der Waals surface area contributed by atoms with Crippen LogP contribution in [0.25, 0.3) is 0 Å². The molecular weight excluding hydrogens is 178 g/mol. The van der Waals surface area contributed by atoms with E-state index in [1.165, 1.54) is 0 Å². The van der Waals surface area contributed by atoms with Gasteiger partial charge in [0.15, 0.2) is 0 Å². The molecule has 0 aromatic carbocycles. The molecule has 0 saturated carbocycles. The second-order valence-electron chi connectivity index (χ2n) is 0. The van der Waals surface area contributed by atoms with Gasteiger partial charge in [0.2, 0.25) is 0 Å². The summed E-state index contributed by atoms with van der Waals surface area (Å²) in [6.45, 7) is 0. The molecule has 42 valence electrons. The van der Waals surface area contributed by atoms with Gasteiger partial charge in [-0.3, -0.25) is 0 Å². The first-order valence-electron chi connectivity index (χ1n) is 0.204. The van der Waals surface area contributed by atoms with Crippen molar-refractivity contribution in [2.24, 2.45) is 0 Å². The molecule has 0 amide bonds. The predicted molar refractivity (Wildman–Crippen MR) is 24.1 cm³/mol. The summed E-state index contributed by atoms with van der Waals surface area (Å²) in [7, 11) is 0. The molecule has 0 aliphatic carbocycles. The molecule has 0 N–H and O–H groups in total. The van der Waals surface area contributed by atoms with E-state index < -0.39 is 0 Å². The van der Waals surface area contributed by atoms with Crippen molar-refractivity contribution in [3.8, 4) is 0 Å². The third kappa shape index (κ3) is 10.5. The fourth-order valence-electron chi connectivity index (χ4n) is 0. The Morgan fingerprint density at radius 3 is 1.25 bits per heavy atom. The molecule has 0 saturated heterocycles. The summed E-state index contributed by atoms with van der Waals surface area (Å²) in [5, 5.41) is 0. The molecule has 0 aliphatic rings. The molecule has 0 bridgehead atoms. The molecule has 0 aromatic rings. The topological polar surface area (TPSA) is 17.1 Å². The van der Waals surface area contributed by atoms with E-state index in [2.05, 4.69) is 0 Å². The summed E-state index contributed by atoms with van der Waals surface area (Å²) in [5.41, 5.74) is 0. The summed E-state index contributed by atoms with van der Waals surface area (Å²) < 4.78 is 8.34. The van der Waals surface area contributed by atoms with Gasteiger partial charge in [-0.25, -0.2) is 0 Å². The third-order valence-corrected chi connectivity index (χ3v) is 0. The zero-order valence-electron chi connectivity index (χ0n) is 9.72. The van der Waals surface area contributed by atoms with Gasteiger partial charge in [0, 0.05) is 0 Å². The van der Waals surface area contributed by atoms with Gasteiger partial charge in [-0.05, 0) is 0 Å². The zero-order chi connectivity index (χ0) is 2.00. The van der Waals surface area contributed by atoms with E-state index in [0.717, 1.165) is 0 Å². The maximum absolute atomic E-state index is 8.34. The average molecular weight is 188 g/mol. The van der Waals surface area contributed by atoms with Crippen LogP contribution >= 0.6 is 24.8 Å². The second-order valence-corrected chi connectivity index (χ2v) is 0. The normalized spacial score (nSPS) is 0.750. The molecule has 0 rings (SSSR count). The van der Waals surface area contributed by atoms with Crippen molar-refractivity contribution >= 4 is 24.8 Å². The van der Waals surface area contributed by atoms with Crippen LogP contribution < -0.4 is 0 Å². The fraction of sp³-hybridized carbons (Fsp3) is 0. The van der Waals surface area contributed by atoms with Gasteiger partial charge in [-0.15, -0.1) is 24.8 Å². The van der Waals surface area contributed by atoms with Gasteiger partial charge in [0.1, 0.15) is 0 Å². The molecule has 0 aromatic heterocycles. The standard InChI is InChI=1S/2ClH.O.Zr.8H/h2*1H;;;;;;;;;;/q;;;;8*-1. The van der Waals surface area contributed by atoms with E-state index >= 15 is 0 Å². The Morgan fingerprint density at radius 2 is 1.25 bits per heavy atom. The number of hydrogen-bond acceptors (Lipinski definition) is 1. The molecule has 4 heteroatoms. The van der Waals surface area contributed by atoms with Crippen molar-refractivity contribution in [2.45, 2.75) is 0 Å². The summed E-state index contributed by atoms with van der Waals surface area (Å²) >= 11 is 0.300. The minimum absolute atomic E-state index is 0. The molecule has 0 heterocycles. The van der Waals surface area contributed by atoms with Crippen LogP contribution in [0.4, 0.5) is 0 Å². The van der Waals surface area contributed by atoms with Crippen molar-refractivity contribution < 1.29 is 38.9 Å². The van der Waals surface area contributed by atoms with E-state index in [9.17, 15) is 0 Å². The Bertz CT molecular complexity index is 17.0. The third-order valence-electron chi connectivity index (χ3n) is 0. The number of halogens is 2. The number of hydrogen-bond donors (Lipinski definition) is 0. The van der Waals surface area contributed by atoms with Gasteiger partial charge in [-0.1, -0.05) is 0 Å². The summed E-state index contributed by atoms with van der Waals surface area (Å²) in [6, 6.07) is 0. The Morgan fingerprint density at radius 1 is 1.25 bits per heavy atom. The van der Waals surface area contributed by atoms with Crippen molar-refractivity contribution in [2.75, 3.05) is 0 Å². The van der Waals surface area contributed by atoms with Gasteiger partial charge in [0.05, 0.1) is 0 Å². The quantitative estimate of drug-likeness (QED) is 0.564. The Labute approximate surface area is 64.1 Å². The van der Waals surface area contributed by atoms with E-state index in [1.54, 1.807) is 0 Å². The molecule has 0 fully saturated rings. The first kappa shape index (κ1) is 18.7. The first-order valence-corrected chi connectivity index (χ1v) is 1.21. The molecule has 0 aliphatic heterocycles. The summed E-state index contributed by atoms with van der Waals surface area (Å²) in [6.07, 6.45) is 0. The van der Waals surface area contributed by atoms with Crippen LogP contribution in [-0.2, 0) is 27.5 Å². The van der Waals surface area contributed by atoms with E-state index in [0.29, 0.717) is 24.7 Å². The SMILES string of the molecule is Cl.Cl.[H-].[H-].[H-].[H-].[H-].[H-].[H-].[H-].[O]=[Zr]. The van der Waals surface area contributed by atoms with Gasteiger partial charge in [0.25, 0.3) is 0 Å². The monoisotopic (exact) mass is 186 g/mol. The number of rotatable bonds is 0. The molecule has 4 heavy (non-hydrogen) atoms. The summed E-state index contributed by atoms with van der Waals surface area (Å²) in [4.78, 5) is 0. The van der Waals surface area contributed by atoms with Crippen molar-refractivity contribution in [3.05, 3.63) is 0 Å². The second kappa shape index (κ2) is 28.5. The van der Waals surface area contributed by atoms with Crippen LogP contribution in [0.5, 0.6) is 0 Å². The Kier molecular flexibility index (Phi) is 133. The minimum atomic E-state index is 0.